The number of hydrogen-bond acceptors (Lipinski definition) is 6. The molecule has 1 aliphatic rings. The highest BCUT2D eigenvalue weighted by Gasteiger charge is 2.30. The number of carbonyl (C=O) groups excluding carboxylic acids is 2. The standard InChI is InChI=1S/C24H32N2O5/c1-5-20-8-6-7-13-26(20)24(28)18(4)30-23(27)14-19-9-11-21(12-10-19)29-15-22-16(2)25-31-17(22)3/h9-12,18,20H,5-8,13-15H2,1-4H3. The zero-order valence-corrected chi connectivity index (χ0v) is 18.8. The lowest BCUT2D eigenvalue weighted by Gasteiger charge is -2.36. The summed E-state index contributed by atoms with van der Waals surface area (Å²) in [6.07, 6.45) is 3.45. The van der Waals surface area contributed by atoms with Crippen molar-refractivity contribution in [3.05, 3.63) is 46.8 Å². The molecule has 0 spiro atoms. The molecule has 1 aliphatic heterocycles. The molecule has 1 aromatic carbocycles. The van der Waals surface area contributed by atoms with Gasteiger partial charge in [-0.25, -0.2) is 0 Å². The fourth-order valence-electron chi connectivity index (χ4n) is 3.97. The molecule has 3 rings (SSSR count). The van der Waals surface area contributed by atoms with E-state index in [1.807, 2.05) is 43.0 Å². The summed E-state index contributed by atoms with van der Waals surface area (Å²) in [5, 5.41) is 3.92. The van der Waals surface area contributed by atoms with Gasteiger partial charge in [-0.15, -0.1) is 0 Å². The van der Waals surface area contributed by atoms with Gasteiger partial charge in [-0.1, -0.05) is 24.2 Å². The molecule has 0 bridgehead atoms. The van der Waals surface area contributed by atoms with Crippen LogP contribution in [-0.2, 0) is 27.4 Å². The molecule has 2 unspecified atom stereocenters. The summed E-state index contributed by atoms with van der Waals surface area (Å²) in [5.74, 6) is 0.935. The molecular formula is C24H32N2O5. The van der Waals surface area contributed by atoms with Crippen molar-refractivity contribution in [2.45, 2.75) is 78.6 Å². The molecule has 2 atom stereocenters. The monoisotopic (exact) mass is 428 g/mol. The van der Waals surface area contributed by atoms with Crippen LogP contribution in [0.5, 0.6) is 5.75 Å². The van der Waals surface area contributed by atoms with E-state index in [0.29, 0.717) is 12.4 Å². The minimum Gasteiger partial charge on any atom is -0.489 e. The summed E-state index contributed by atoms with van der Waals surface area (Å²) in [7, 11) is 0. The highest BCUT2D eigenvalue weighted by atomic mass is 16.5. The number of esters is 1. The second-order valence-electron chi connectivity index (χ2n) is 8.13. The van der Waals surface area contributed by atoms with Crippen molar-refractivity contribution in [3.8, 4) is 5.75 Å². The first-order valence-corrected chi connectivity index (χ1v) is 11.0. The highest BCUT2D eigenvalue weighted by molar-refractivity contribution is 5.84. The third-order valence-corrected chi connectivity index (χ3v) is 5.87. The molecule has 31 heavy (non-hydrogen) atoms. The van der Waals surface area contributed by atoms with Crippen molar-refractivity contribution >= 4 is 11.9 Å². The number of benzene rings is 1. The minimum atomic E-state index is -0.766. The molecule has 1 fully saturated rings. The van der Waals surface area contributed by atoms with Crippen molar-refractivity contribution in [1.29, 1.82) is 0 Å². The van der Waals surface area contributed by atoms with E-state index in [1.54, 1.807) is 6.92 Å². The first-order valence-electron chi connectivity index (χ1n) is 11.0. The summed E-state index contributed by atoms with van der Waals surface area (Å²) in [6, 6.07) is 7.53. The van der Waals surface area contributed by atoms with Gasteiger partial charge in [0, 0.05) is 12.6 Å². The maximum absolute atomic E-state index is 12.7. The van der Waals surface area contributed by atoms with Crippen LogP contribution in [0.4, 0.5) is 0 Å². The van der Waals surface area contributed by atoms with Gasteiger partial charge in [0.1, 0.15) is 18.1 Å². The van der Waals surface area contributed by atoms with Crippen LogP contribution in [0.15, 0.2) is 28.8 Å². The Kier molecular flexibility index (Phi) is 7.71. The number of hydrogen-bond donors (Lipinski definition) is 0. The molecule has 2 aromatic rings. The Balaban J connectivity index is 1.49. The summed E-state index contributed by atoms with van der Waals surface area (Å²) in [4.78, 5) is 27.0. The number of ether oxygens (including phenoxy) is 2. The zero-order valence-electron chi connectivity index (χ0n) is 18.8. The van der Waals surface area contributed by atoms with Crippen LogP contribution in [0.1, 0.15) is 62.1 Å². The Morgan fingerprint density at radius 2 is 1.97 bits per heavy atom. The van der Waals surface area contributed by atoms with Gasteiger partial charge >= 0.3 is 5.97 Å². The van der Waals surface area contributed by atoms with Gasteiger partial charge in [-0.2, -0.15) is 0 Å². The molecule has 7 heteroatoms. The lowest BCUT2D eigenvalue weighted by molar-refractivity contribution is -0.160. The van der Waals surface area contributed by atoms with E-state index < -0.39 is 12.1 Å². The number of aromatic nitrogens is 1. The molecule has 1 saturated heterocycles. The van der Waals surface area contributed by atoms with E-state index in [0.717, 1.165) is 54.8 Å². The quantitative estimate of drug-likeness (QED) is 0.588. The van der Waals surface area contributed by atoms with Gasteiger partial charge in [0.05, 0.1) is 17.7 Å². The molecule has 0 saturated carbocycles. The van der Waals surface area contributed by atoms with Crippen LogP contribution < -0.4 is 4.74 Å². The SMILES string of the molecule is CCC1CCCCN1C(=O)C(C)OC(=O)Cc1ccc(OCc2c(C)noc2C)cc1. The number of piperidine rings is 1. The van der Waals surface area contributed by atoms with Gasteiger partial charge in [-0.3, -0.25) is 9.59 Å². The number of nitrogens with zero attached hydrogens (tertiary/aromatic N) is 2. The van der Waals surface area contributed by atoms with Gasteiger partial charge < -0.3 is 18.9 Å². The maximum atomic E-state index is 12.7. The predicted octanol–water partition coefficient (Wildman–Crippen LogP) is 4.14. The molecule has 0 radical (unpaired) electrons. The van der Waals surface area contributed by atoms with Crippen LogP contribution in [-0.4, -0.2) is 40.6 Å². The van der Waals surface area contributed by atoms with Gasteiger partial charge in [0.25, 0.3) is 5.91 Å². The van der Waals surface area contributed by atoms with E-state index in [2.05, 4.69) is 12.1 Å². The molecule has 2 heterocycles. The van der Waals surface area contributed by atoms with Crippen molar-refractivity contribution in [2.75, 3.05) is 6.54 Å². The summed E-state index contributed by atoms with van der Waals surface area (Å²) >= 11 is 0. The Morgan fingerprint density at radius 1 is 1.23 bits per heavy atom. The van der Waals surface area contributed by atoms with E-state index in [1.165, 1.54) is 0 Å². The first-order chi connectivity index (χ1) is 14.9. The third-order valence-electron chi connectivity index (χ3n) is 5.87. The maximum Gasteiger partial charge on any atom is 0.311 e. The van der Waals surface area contributed by atoms with Crippen LogP contribution >= 0.6 is 0 Å². The molecule has 168 valence electrons. The molecule has 1 aromatic heterocycles. The van der Waals surface area contributed by atoms with Crippen molar-refractivity contribution < 1.29 is 23.6 Å². The minimum absolute atomic E-state index is 0.0945. The largest absolute Gasteiger partial charge is 0.489 e. The van der Waals surface area contributed by atoms with Crippen molar-refractivity contribution in [3.63, 3.8) is 0 Å². The number of aryl methyl sites for hydroxylation is 2. The molecular weight excluding hydrogens is 396 g/mol. The average Bonchev–Trinajstić information content (AvgIpc) is 3.09. The lowest BCUT2D eigenvalue weighted by atomic mass is 9.99. The summed E-state index contributed by atoms with van der Waals surface area (Å²) in [5.41, 5.74) is 2.56. The van der Waals surface area contributed by atoms with Crippen LogP contribution in [0.25, 0.3) is 0 Å². The Hall–Kier alpha value is -2.83. The van der Waals surface area contributed by atoms with Gasteiger partial charge in [-0.05, 0) is 64.2 Å². The van der Waals surface area contributed by atoms with Gasteiger partial charge in [0.15, 0.2) is 6.10 Å². The van der Waals surface area contributed by atoms with E-state index in [9.17, 15) is 9.59 Å². The van der Waals surface area contributed by atoms with Crippen LogP contribution in [0.2, 0.25) is 0 Å². The number of rotatable bonds is 8. The van der Waals surface area contributed by atoms with Crippen molar-refractivity contribution in [1.82, 2.24) is 10.1 Å². The molecule has 0 N–H and O–H groups in total. The van der Waals surface area contributed by atoms with Crippen molar-refractivity contribution in [2.24, 2.45) is 0 Å². The highest BCUT2D eigenvalue weighted by Crippen LogP contribution is 2.21. The lowest BCUT2D eigenvalue weighted by Crippen LogP contribution is -2.48. The Labute approximate surface area is 183 Å². The third kappa shape index (κ3) is 5.87. The first kappa shape index (κ1) is 22.8. The van der Waals surface area contributed by atoms with E-state index in [-0.39, 0.29) is 18.4 Å². The van der Waals surface area contributed by atoms with Gasteiger partial charge in [0.2, 0.25) is 0 Å². The zero-order chi connectivity index (χ0) is 22.4. The van der Waals surface area contributed by atoms with Crippen LogP contribution in [0.3, 0.4) is 0 Å². The number of likely N-dealkylation sites (tertiary alicyclic amines) is 1. The fraction of sp³-hybridized carbons (Fsp3) is 0.542. The predicted molar refractivity (Wildman–Crippen MR) is 116 cm³/mol. The topological polar surface area (TPSA) is 81.9 Å². The molecule has 1 amide bonds. The Morgan fingerprint density at radius 3 is 2.61 bits per heavy atom. The number of carbonyl (C=O) groups is 2. The molecule has 7 nitrogen and oxygen atoms in total. The smallest absolute Gasteiger partial charge is 0.311 e. The summed E-state index contributed by atoms with van der Waals surface area (Å²) in [6.45, 7) is 8.60. The Bertz CT molecular complexity index is 870. The van der Waals surface area contributed by atoms with Crippen LogP contribution in [0, 0.1) is 13.8 Å². The normalized spacial score (nSPS) is 17.3. The average molecular weight is 429 g/mol. The fourth-order valence-corrected chi connectivity index (χ4v) is 3.97. The van der Waals surface area contributed by atoms with E-state index >= 15 is 0 Å². The second-order valence-corrected chi connectivity index (χ2v) is 8.13. The summed E-state index contributed by atoms with van der Waals surface area (Å²) < 4.78 is 16.4. The van der Waals surface area contributed by atoms with E-state index in [4.69, 9.17) is 14.0 Å². The second kappa shape index (κ2) is 10.5. The number of amides is 1. The molecule has 0 aliphatic carbocycles.